The fourth-order valence-corrected chi connectivity index (χ4v) is 6.48. The number of halogens is 2. The first-order valence-electron chi connectivity index (χ1n) is 12.1. The highest BCUT2D eigenvalue weighted by atomic mass is 35.5. The Hall–Kier alpha value is -1.73. The van der Waals surface area contributed by atoms with Gasteiger partial charge < -0.3 is 9.64 Å². The third-order valence-electron chi connectivity index (χ3n) is 6.57. The van der Waals surface area contributed by atoms with E-state index in [0.29, 0.717) is 31.6 Å². The van der Waals surface area contributed by atoms with Gasteiger partial charge in [0.05, 0.1) is 4.91 Å². The summed E-state index contributed by atoms with van der Waals surface area (Å²) in [5, 5.41) is 1.15. The smallest absolute Gasteiger partial charge is 0.266 e. The molecule has 2 aromatic carbocycles. The summed E-state index contributed by atoms with van der Waals surface area (Å²) >= 11 is 19.4. The molecular weight excluding hydrogens is 519 g/mol. The Balaban J connectivity index is 1.63. The fraction of sp³-hybridized carbons (Fsp3) is 0.407. The zero-order valence-electron chi connectivity index (χ0n) is 20.1. The van der Waals surface area contributed by atoms with Crippen molar-refractivity contribution in [3.05, 3.63) is 62.5 Å². The highest BCUT2D eigenvalue weighted by Crippen LogP contribution is 2.39. The molecule has 35 heavy (non-hydrogen) atoms. The third-order valence-corrected chi connectivity index (χ3v) is 8.49. The number of ether oxygens (including phenoxy) is 1. The van der Waals surface area contributed by atoms with Gasteiger partial charge in [0, 0.05) is 52.1 Å². The lowest BCUT2D eigenvalue weighted by molar-refractivity contribution is -0.124. The lowest BCUT2D eigenvalue weighted by atomic mass is 9.94. The number of nitrogens with zero attached hydrogens (tertiary/aromatic N) is 2. The Morgan fingerprint density at radius 3 is 2.54 bits per heavy atom. The van der Waals surface area contributed by atoms with E-state index in [4.69, 9.17) is 40.2 Å². The van der Waals surface area contributed by atoms with Crippen LogP contribution in [0.1, 0.15) is 57.1 Å². The third kappa shape index (κ3) is 6.16. The normalized spacial score (nSPS) is 17.9. The molecule has 0 aromatic heterocycles. The van der Waals surface area contributed by atoms with Gasteiger partial charge in [-0.2, -0.15) is 0 Å². The van der Waals surface area contributed by atoms with Crippen LogP contribution in [0.2, 0.25) is 10.0 Å². The second-order valence-electron chi connectivity index (χ2n) is 8.76. The Kier molecular flexibility index (Phi) is 9.03. The SMILES string of the molecule is CCN(CC)c1ccc(/C=C2/SC(=S)N(C3CCCCC3)C2=O)c(OCc2ccc(Cl)cc2Cl)c1. The minimum Gasteiger partial charge on any atom is -0.488 e. The van der Waals surface area contributed by atoms with Crippen LogP contribution in [0, 0.1) is 0 Å². The number of thiocarbonyl (C=S) groups is 1. The monoisotopic (exact) mass is 548 g/mol. The maximum absolute atomic E-state index is 13.3. The summed E-state index contributed by atoms with van der Waals surface area (Å²) in [6, 6.07) is 11.7. The summed E-state index contributed by atoms with van der Waals surface area (Å²) in [7, 11) is 0. The molecule has 0 radical (unpaired) electrons. The van der Waals surface area contributed by atoms with Crippen LogP contribution in [-0.2, 0) is 11.4 Å². The average Bonchev–Trinajstić information content (AvgIpc) is 3.13. The Bertz CT molecular complexity index is 1130. The Labute approximate surface area is 227 Å². The van der Waals surface area contributed by atoms with Gasteiger partial charge in [-0.1, -0.05) is 72.5 Å². The zero-order chi connectivity index (χ0) is 24.9. The number of benzene rings is 2. The van der Waals surface area contributed by atoms with Gasteiger partial charge in [0.1, 0.15) is 16.7 Å². The molecular formula is C27H30Cl2N2O2S2. The van der Waals surface area contributed by atoms with Gasteiger partial charge in [0.15, 0.2) is 0 Å². The molecule has 0 atom stereocenters. The highest BCUT2D eigenvalue weighted by Gasteiger charge is 2.37. The van der Waals surface area contributed by atoms with Crippen LogP contribution >= 0.6 is 47.2 Å². The first-order chi connectivity index (χ1) is 16.9. The van der Waals surface area contributed by atoms with Crippen molar-refractivity contribution in [3.8, 4) is 5.75 Å². The molecule has 0 spiro atoms. The molecule has 0 N–H and O–H groups in total. The first-order valence-corrected chi connectivity index (χ1v) is 14.1. The lowest BCUT2D eigenvalue weighted by Gasteiger charge is -2.29. The van der Waals surface area contributed by atoms with Crippen LogP contribution in [0.25, 0.3) is 6.08 Å². The van der Waals surface area contributed by atoms with Crippen molar-refractivity contribution in [2.24, 2.45) is 0 Å². The molecule has 2 aromatic rings. The maximum Gasteiger partial charge on any atom is 0.266 e. The number of thioether (sulfide) groups is 1. The molecule has 2 aliphatic rings. The molecule has 1 saturated carbocycles. The van der Waals surface area contributed by atoms with Crippen molar-refractivity contribution < 1.29 is 9.53 Å². The van der Waals surface area contributed by atoms with Gasteiger partial charge in [-0.15, -0.1) is 0 Å². The van der Waals surface area contributed by atoms with E-state index in [9.17, 15) is 4.79 Å². The fourth-order valence-electron chi connectivity index (χ4n) is 4.62. The predicted molar refractivity (Wildman–Crippen MR) is 153 cm³/mol. The molecule has 186 valence electrons. The largest absolute Gasteiger partial charge is 0.488 e. The van der Waals surface area contributed by atoms with E-state index >= 15 is 0 Å². The number of hydrogen-bond donors (Lipinski definition) is 0. The second kappa shape index (κ2) is 12.0. The van der Waals surface area contributed by atoms with Gasteiger partial charge >= 0.3 is 0 Å². The van der Waals surface area contributed by atoms with Gasteiger partial charge in [-0.25, -0.2) is 0 Å². The molecule has 2 fully saturated rings. The summed E-state index contributed by atoms with van der Waals surface area (Å²) in [5.74, 6) is 0.703. The summed E-state index contributed by atoms with van der Waals surface area (Å²) < 4.78 is 6.93. The highest BCUT2D eigenvalue weighted by molar-refractivity contribution is 8.26. The number of rotatable bonds is 8. The van der Waals surface area contributed by atoms with Crippen LogP contribution in [0.5, 0.6) is 5.75 Å². The van der Waals surface area contributed by atoms with Gasteiger partial charge in [0.25, 0.3) is 5.91 Å². The van der Waals surface area contributed by atoms with E-state index in [-0.39, 0.29) is 11.9 Å². The number of amides is 1. The van der Waals surface area contributed by atoms with E-state index < -0.39 is 0 Å². The van der Waals surface area contributed by atoms with Gasteiger partial charge in [-0.05, 0) is 57.0 Å². The van der Waals surface area contributed by atoms with Crippen molar-refractivity contribution in [2.45, 2.75) is 58.6 Å². The summed E-state index contributed by atoms with van der Waals surface area (Å²) in [6.45, 7) is 6.32. The van der Waals surface area contributed by atoms with Crippen molar-refractivity contribution in [1.29, 1.82) is 0 Å². The molecule has 4 rings (SSSR count). The molecule has 4 nitrogen and oxygen atoms in total. The van der Waals surface area contributed by atoms with Crippen LogP contribution in [0.4, 0.5) is 5.69 Å². The molecule has 8 heteroatoms. The Morgan fingerprint density at radius 1 is 1.11 bits per heavy atom. The van der Waals surface area contributed by atoms with Crippen molar-refractivity contribution in [3.63, 3.8) is 0 Å². The van der Waals surface area contributed by atoms with Gasteiger partial charge in [0.2, 0.25) is 0 Å². The topological polar surface area (TPSA) is 32.8 Å². The number of hydrogen-bond acceptors (Lipinski definition) is 5. The summed E-state index contributed by atoms with van der Waals surface area (Å²) in [6.07, 6.45) is 7.49. The van der Waals surface area contributed by atoms with E-state index in [1.807, 2.05) is 29.2 Å². The van der Waals surface area contributed by atoms with E-state index in [1.165, 1.54) is 18.2 Å². The minimum absolute atomic E-state index is 0.00594. The molecule has 1 heterocycles. The van der Waals surface area contributed by atoms with E-state index in [0.717, 1.165) is 55.6 Å². The zero-order valence-corrected chi connectivity index (χ0v) is 23.2. The lowest BCUT2D eigenvalue weighted by Crippen LogP contribution is -2.39. The molecule has 1 aliphatic heterocycles. The second-order valence-corrected chi connectivity index (χ2v) is 11.3. The summed E-state index contributed by atoms with van der Waals surface area (Å²) in [5.41, 5.74) is 2.76. The van der Waals surface area contributed by atoms with Crippen LogP contribution in [0.15, 0.2) is 41.3 Å². The molecule has 0 unspecified atom stereocenters. The molecule has 1 amide bonds. The average molecular weight is 550 g/mol. The standard InChI is InChI=1S/C27H30Cl2N2O2S2/c1-3-30(4-2)22-13-11-18(24(16-22)33-17-19-10-12-20(28)15-23(19)29)14-25-26(32)31(27(34)35-25)21-8-6-5-7-9-21/h10-16,21H,3-9,17H2,1-2H3/b25-14+. The number of anilines is 1. The molecule has 0 bridgehead atoms. The van der Waals surface area contributed by atoms with Crippen LogP contribution in [-0.4, -0.2) is 34.3 Å². The number of carbonyl (C=O) groups is 1. The summed E-state index contributed by atoms with van der Waals surface area (Å²) in [4.78, 5) is 18.1. The van der Waals surface area contributed by atoms with E-state index in [1.54, 1.807) is 12.1 Å². The maximum atomic E-state index is 13.3. The van der Waals surface area contributed by atoms with Crippen molar-refractivity contribution in [2.75, 3.05) is 18.0 Å². The van der Waals surface area contributed by atoms with Crippen molar-refractivity contribution in [1.82, 2.24) is 4.90 Å². The first kappa shape index (κ1) is 26.3. The quantitative estimate of drug-likeness (QED) is 0.247. The number of carbonyl (C=O) groups excluding carboxylic acids is 1. The minimum atomic E-state index is 0.00594. The predicted octanol–water partition coefficient (Wildman–Crippen LogP) is 7.95. The molecule has 1 aliphatic carbocycles. The van der Waals surface area contributed by atoms with E-state index in [2.05, 4.69) is 24.8 Å². The van der Waals surface area contributed by atoms with Crippen molar-refractivity contribution >= 4 is 69.2 Å². The van der Waals surface area contributed by atoms with Crippen LogP contribution in [0.3, 0.4) is 0 Å². The van der Waals surface area contributed by atoms with Gasteiger partial charge in [-0.3, -0.25) is 9.69 Å². The molecule has 1 saturated heterocycles. The Morgan fingerprint density at radius 2 is 1.86 bits per heavy atom. The van der Waals surface area contributed by atoms with Crippen LogP contribution < -0.4 is 9.64 Å².